The standard InChI is InChI=1S/C17H13N3O2S3/c1-23-17-20-11-4-3-10(7-14(11)25-17)18-16(22)9-2-5-13-12(6-9)19-15(21)8-24-13/h2-7H,8H2,1H3,(H,18,22)(H,19,21). The molecule has 2 aromatic carbocycles. The molecule has 5 nitrogen and oxygen atoms in total. The van der Waals surface area contributed by atoms with Crippen molar-refractivity contribution >= 4 is 68.3 Å². The lowest BCUT2D eigenvalue weighted by atomic mass is 10.1. The molecule has 0 unspecified atom stereocenters. The maximum atomic E-state index is 12.5. The van der Waals surface area contributed by atoms with Crippen LogP contribution >= 0.6 is 34.9 Å². The molecule has 25 heavy (non-hydrogen) atoms. The summed E-state index contributed by atoms with van der Waals surface area (Å²) >= 11 is 4.69. The van der Waals surface area contributed by atoms with Gasteiger partial charge in [0.15, 0.2) is 4.34 Å². The van der Waals surface area contributed by atoms with Crippen LogP contribution in [0, 0.1) is 0 Å². The Kier molecular flexibility index (Phi) is 4.41. The Morgan fingerprint density at radius 3 is 3.00 bits per heavy atom. The number of aromatic nitrogens is 1. The van der Waals surface area contributed by atoms with Crippen molar-refractivity contribution in [1.82, 2.24) is 4.98 Å². The summed E-state index contributed by atoms with van der Waals surface area (Å²) in [5, 5.41) is 5.71. The van der Waals surface area contributed by atoms with Crippen LogP contribution in [0.5, 0.6) is 0 Å². The number of nitrogens with one attached hydrogen (secondary N) is 2. The average molecular weight is 388 g/mol. The smallest absolute Gasteiger partial charge is 0.255 e. The number of fused-ring (bicyclic) bond motifs is 2. The molecule has 0 spiro atoms. The zero-order chi connectivity index (χ0) is 17.4. The molecule has 2 N–H and O–H groups in total. The van der Waals surface area contributed by atoms with Crippen molar-refractivity contribution in [2.75, 3.05) is 22.6 Å². The zero-order valence-corrected chi connectivity index (χ0v) is 15.6. The Morgan fingerprint density at radius 1 is 1.28 bits per heavy atom. The average Bonchev–Trinajstić information content (AvgIpc) is 3.03. The summed E-state index contributed by atoms with van der Waals surface area (Å²) in [5.41, 5.74) is 2.86. The summed E-state index contributed by atoms with van der Waals surface area (Å²) in [4.78, 5) is 29.5. The largest absolute Gasteiger partial charge is 0.324 e. The second kappa shape index (κ2) is 6.70. The first-order valence-corrected chi connectivity index (χ1v) is 10.5. The minimum Gasteiger partial charge on any atom is -0.324 e. The van der Waals surface area contributed by atoms with Gasteiger partial charge in [-0.05, 0) is 42.7 Å². The van der Waals surface area contributed by atoms with Crippen molar-refractivity contribution in [1.29, 1.82) is 0 Å². The van der Waals surface area contributed by atoms with Crippen LogP contribution in [0.4, 0.5) is 11.4 Å². The molecule has 0 bridgehead atoms. The number of benzene rings is 2. The Labute approximate surface area is 156 Å². The minimum absolute atomic E-state index is 0.0460. The molecule has 1 aromatic heterocycles. The van der Waals surface area contributed by atoms with Crippen LogP contribution in [0.25, 0.3) is 10.2 Å². The third-order valence-electron chi connectivity index (χ3n) is 3.68. The van der Waals surface area contributed by atoms with Gasteiger partial charge in [0.2, 0.25) is 5.91 Å². The topological polar surface area (TPSA) is 71.1 Å². The van der Waals surface area contributed by atoms with E-state index in [2.05, 4.69) is 15.6 Å². The van der Waals surface area contributed by atoms with E-state index in [0.29, 0.717) is 17.0 Å². The van der Waals surface area contributed by atoms with Gasteiger partial charge in [-0.15, -0.1) is 23.1 Å². The molecular formula is C17H13N3O2S3. The highest BCUT2D eigenvalue weighted by molar-refractivity contribution is 8.00. The van der Waals surface area contributed by atoms with E-state index in [0.717, 1.165) is 25.1 Å². The van der Waals surface area contributed by atoms with Crippen LogP contribution < -0.4 is 10.6 Å². The first kappa shape index (κ1) is 16.4. The lowest BCUT2D eigenvalue weighted by Crippen LogP contribution is -2.19. The van der Waals surface area contributed by atoms with Crippen molar-refractivity contribution in [3.63, 3.8) is 0 Å². The van der Waals surface area contributed by atoms with Gasteiger partial charge in [0, 0.05) is 16.1 Å². The number of hydrogen-bond donors (Lipinski definition) is 2. The molecule has 0 radical (unpaired) electrons. The number of carbonyl (C=O) groups excluding carboxylic acids is 2. The van der Waals surface area contributed by atoms with Crippen LogP contribution in [0.15, 0.2) is 45.6 Å². The maximum absolute atomic E-state index is 12.5. The monoisotopic (exact) mass is 387 g/mol. The van der Waals surface area contributed by atoms with Crippen molar-refractivity contribution in [3.05, 3.63) is 42.0 Å². The molecule has 0 fully saturated rings. The summed E-state index contributed by atoms with van der Waals surface area (Å²) < 4.78 is 2.04. The third-order valence-corrected chi connectivity index (χ3v) is 6.75. The first-order valence-electron chi connectivity index (χ1n) is 7.45. The fraction of sp³-hybridized carbons (Fsp3) is 0.118. The van der Waals surface area contributed by atoms with Gasteiger partial charge in [-0.1, -0.05) is 11.8 Å². The predicted octanol–water partition coefficient (Wildman–Crippen LogP) is 4.31. The maximum Gasteiger partial charge on any atom is 0.255 e. The lowest BCUT2D eigenvalue weighted by Gasteiger charge is -2.17. The number of thiazole rings is 1. The molecule has 126 valence electrons. The Bertz CT molecular complexity index is 1000. The van der Waals surface area contributed by atoms with Crippen molar-refractivity contribution < 1.29 is 9.59 Å². The molecule has 0 saturated heterocycles. The van der Waals surface area contributed by atoms with Gasteiger partial charge in [-0.25, -0.2) is 4.98 Å². The third kappa shape index (κ3) is 3.37. The van der Waals surface area contributed by atoms with Crippen LogP contribution in [-0.4, -0.2) is 28.8 Å². The van der Waals surface area contributed by atoms with Gasteiger partial charge in [0.05, 0.1) is 21.7 Å². The molecule has 3 aromatic rings. The molecule has 0 saturated carbocycles. The van der Waals surface area contributed by atoms with Gasteiger partial charge >= 0.3 is 0 Å². The summed E-state index contributed by atoms with van der Waals surface area (Å²) in [6, 6.07) is 11.0. The Hall–Kier alpha value is -2.03. The number of thioether (sulfide) groups is 2. The van der Waals surface area contributed by atoms with E-state index in [1.807, 2.05) is 30.5 Å². The summed E-state index contributed by atoms with van der Waals surface area (Å²) in [6.07, 6.45) is 1.99. The number of amides is 2. The Morgan fingerprint density at radius 2 is 2.16 bits per heavy atom. The number of anilines is 2. The van der Waals surface area contributed by atoms with Crippen LogP contribution in [0.2, 0.25) is 0 Å². The fourth-order valence-electron chi connectivity index (χ4n) is 2.50. The van der Waals surface area contributed by atoms with E-state index in [4.69, 9.17) is 0 Å². The minimum atomic E-state index is -0.207. The van der Waals surface area contributed by atoms with Gasteiger partial charge in [0.25, 0.3) is 5.91 Å². The number of hydrogen-bond acceptors (Lipinski definition) is 6. The summed E-state index contributed by atoms with van der Waals surface area (Å²) in [5.74, 6) is 0.155. The molecule has 1 aliphatic rings. The van der Waals surface area contributed by atoms with Crippen molar-refractivity contribution in [3.8, 4) is 0 Å². The summed E-state index contributed by atoms with van der Waals surface area (Å²) in [7, 11) is 0. The molecule has 0 aliphatic carbocycles. The zero-order valence-electron chi connectivity index (χ0n) is 13.2. The molecule has 2 heterocycles. The highest BCUT2D eigenvalue weighted by Gasteiger charge is 2.17. The fourth-order valence-corrected chi connectivity index (χ4v) is 4.81. The van der Waals surface area contributed by atoms with Crippen LogP contribution in [-0.2, 0) is 4.79 Å². The van der Waals surface area contributed by atoms with E-state index < -0.39 is 0 Å². The SMILES string of the molecule is CSc1nc2ccc(NC(=O)c3ccc4c(c3)NC(=O)CS4)cc2s1. The second-order valence-corrected chi connectivity index (χ2v) is 8.47. The van der Waals surface area contributed by atoms with Gasteiger partial charge in [-0.3, -0.25) is 9.59 Å². The number of carbonyl (C=O) groups is 2. The normalized spacial score (nSPS) is 13.4. The second-order valence-electron chi connectivity index (χ2n) is 5.37. The lowest BCUT2D eigenvalue weighted by molar-refractivity contribution is -0.113. The predicted molar refractivity (Wildman–Crippen MR) is 105 cm³/mol. The van der Waals surface area contributed by atoms with Crippen molar-refractivity contribution in [2.45, 2.75) is 9.24 Å². The number of nitrogens with zero attached hydrogens (tertiary/aromatic N) is 1. The van der Waals surface area contributed by atoms with Gasteiger partial charge in [-0.2, -0.15) is 0 Å². The Balaban J connectivity index is 1.57. The van der Waals surface area contributed by atoms with E-state index in [9.17, 15) is 9.59 Å². The van der Waals surface area contributed by atoms with Crippen LogP contribution in [0.1, 0.15) is 10.4 Å². The molecule has 0 atom stereocenters. The van der Waals surface area contributed by atoms with E-state index in [1.165, 1.54) is 11.8 Å². The number of rotatable bonds is 3. The first-order chi connectivity index (χ1) is 12.1. The highest BCUT2D eigenvalue weighted by atomic mass is 32.2. The van der Waals surface area contributed by atoms with Crippen molar-refractivity contribution in [2.24, 2.45) is 0 Å². The molecule has 8 heteroatoms. The molecule has 4 rings (SSSR count). The molecular weight excluding hydrogens is 374 g/mol. The quantitative estimate of drug-likeness (QED) is 0.655. The van der Waals surface area contributed by atoms with Gasteiger partial charge < -0.3 is 10.6 Å². The molecule has 1 aliphatic heterocycles. The van der Waals surface area contributed by atoms with E-state index >= 15 is 0 Å². The van der Waals surface area contributed by atoms with E-state index in [1.54, 1.807) is 35.2 Å². The van der Waals surface area contributed by atoms with E-state index in [-0.39, 0.29) is 11.8 Å². The highest BCUT2D eigenvalue weighted by Crippen LogP contribution is 2.33. The summed E-state index contributed by atoms with van der Waals surface area (Å²) in [6.45, 7) is 0. The van der Waals surface area contributed by atoms with Crippen LogP contribution in [0.3, 0.4) is 0 Å². The van der Waals surface area contributed by atoms with Gasteiger partial charge in [0.1, 0.15) is 0 Å². The molecule has 2 amide bonds.